The number of cyclic esters (lactones) is 1. The minimum Gasteiger partial charge on any atom is -0.449 e. The molecule has 1 aromatic rings. The fourth-order valence-electron chi connectivity index (χ4n) is 1.74. The molecule has 0 bridgehead atoms. The number of benzene rings is 1. The van der Waals surface area contributed by atoms with Crippen LogP contribution in [0, 0.1) is 0 Å². The van der Waals surface area contributed by atoms with E-state index in [1.165, 1.54) is 0 Å². The van der Waals surface area contributed by atoms with Gasteiger partial charge in [0.25, 0.3) is 0 Å². The molecule has 0 aliphatic carbocycles. The van der Waals surface area contributed by atoms with Gasteiger partial charge in [-0.15, -0.1) is 0 Å². The molecule has 1 atom stereocenters. The van der Waals surface area contributed by atoms with E-state index in [2.05, 4.69) is 6.92 Å². The van der Waals surface area contributed by atoms with Crippen molar-refractivity contribution in [2.45, 2.75) is 25.9 Å². The zero-order chi connectivity index (χ0) is 10.7. The molecule has 0 spiro atoms. The summed E-state index contributed by atoms with van der Waals surface area (Å²) in [6.07, 6.45) is 0.719. The van der Waals surface area contributed by atoms with E-state index in [4.69, 9.17) is 4.74 Å². The number of hydrogen-bond acceptors (Lipinski definition) is 2. The average molecular weight is 205 g/mol. The Morgan fingerprint density at radius 3 is 2.80 bits per heavy atom. The van der Waals surface area contributed by atoms with Gasteiger partial charge in [-0.1, -0.05) is 30.3 Å². The van der Waals surface area contributed by atoms with Crippen molar-refractivity contribution in [3.8, 4) is 0 Å². The summed E-state index contributed by atoms with van der Waals surface area (Å²) in [4.78, 5) is 13.3. The minimum absolute atomic E-state index is 0.197. The maximum absolute atomic E-state index is 11.5. The van der Waals surface area contributed by atoms with Gasteiger partial charge >= 0.3 is 6.09 Å². The second kappa shape index (κ2) is 4.34. The third-order valence-electron chi connectivity index (χ3n) is 2.72. The van der Waals surface area contributed by atoms with E-state index in [-0.39, 0.29) is 12.1 Å². The summed E-state index contributed by atoms with van der Waals surface area (Å²) in [5.41, 5.74) is 1.14. The normalized spacial score (nSPS) is 21.3. The maximum Gasteiger partial charge on any atom is 0.410 e. The Morgan fingerprint density at radius 2 is 2.13 bits per heavy atom. The fraction of sp³-hybridized carbons (Fsp3) is 0.417. The Hall–Kier alpha value is -1.51. The molecule has 2 rings (SSSR count). The molecule has 1 aliphatic rings. The third kappa shape index (κ3) is 2.29. The molecule has 0 radical (unpaired) electrons. The summed E-state index contributed by atoms with van der Waals surface area (Å²) in [5.74, 6) is 0. The molecule has 1 unspecified atom stereocenters. The number of amides is 1. The van der Waals surface area contributed by atoms with Gasteiger partial charge in [-0.2, -0.15) is 0 Å². The highest BCUT2D eigenvalue weighted by Crippen LogP contribution is 2.16. The van der Waals surface area contributed by atoms with E-state index < -0.39 is 0 Å². The van der Waals surface area contributed by atoms with Crippen LogP contribution in [0.5, 0.6) is 0 Å². The van der Waals surface area contributed by atoms with Gasteiger partial charge in [0.05, 0.1) is 6.61 Å². The van der Waals surface area contributed by atoms with Crippen molar-refractivity contribution in [3.63, 3.8) is 0 Å². The topological polar surface area (TPSA) is 29.5 Å². The van der Waals surface area contributed by atoms with Crippen LogP contribution in [-0.2, 0) is 11.3 Å². The summed E-state index contributed by atoms with van der Waals surface area (Å²) in [6.45, 7) is 3.25. The van der Waals surface area contributed by atoms with Crippen molar-refractivity contribution in [1.29, 1.82) is 0 Å². The molecule has 1 saturated heterocycles. The van der Waals surface area contributed by atoms with Crippen LogP contribution < -0.4 is 0 Å². The van der Waals surface area contributed by atoms with Gasteiger partial charge in [0, 0.05) is 19.0 Å². The first-order valence-electron chi connectivity index (χ1n) is 5.24. The summed E-state index contributed by atoms with van der Waals surface area (Å²) in [5, 5.41) is 0. The van der Waals surface area contributed by atoms with Crippen LogP contribution in [0.4, 0.5) is 4.79 Å². The van der Waals surface area contributed by atoms with Gasteiger partial charge in [0.2, 0.25) is 0 Å². The van der Waals surface area contributed by atoms with Crippen LogP contribution >= 0.6 is 0 Å². The molecule has 3 nitrogen and oxygen atoms in total. The number of carbonyl (C=O) groups excluding carboxylic acids is 1. The van der Waals surface area contributed by atoms with Gasteiger partial charge in [0.1, 0.15) is 0 Å². The fourth-order valence-corrected chi connectivity index (χ4v) is 1.74. The molecule has 1 aliphatic heterocycles. The van der Waals surface area contributed by atoms with Crippen LogP contribution in [0.15, 0.2) is 30.3 Å². The Balaban J connectivity index is 2.07. The van der Waals surface area contributed by atoms with E-state index in [1.54, 1.807) is 4.90 Å². The molecule has 1 fully saturated rings. The number of ether oxygens (including phenoxy) is 1. The zero-order valence-corrected chi connectivity index (χ0v) is 8.85. The van der Waals surface area contributed by atoms with Gasteiger partial charge in [0.15, 0.2) is 0 Å². The second-order valence-electron chi connectivity index (χ2n) is 3.87. The number of rotatable bonds is 2. The van der Waals surface area contributed by atoms with Crippen LogP contribution in [0.2, 0.25) is 0 Å². The van der Waals surface area contributed by atoms with Crippen molar-refractivity contribution < 1.29 is 9.53 Å². The zero-order valence-electron chi connectivity index (χ0n) is 8.85. The summed E-state index contributed by atoms with van der Waals surface area (Å²) in [7, 11) is 0. The molecule has 1 aromatic carbocycles. The van der Waals surface area contributed by atoms with Crippen LogP contribution in [0.25, 0.3) is 0 Å². The first-order valence-corrected chi connectivity index (χ1v) is 5.24. The lowest BCUT2D eigenvalue weighted by atomic mass is 10.1. The molecule has 0 N–H and O–H groups in total. The average Bonchev–Trinajstić information content (AvgIpc) is 2.25. The predicted octanol–water partition coefficient (Wildman–Crippen LogP) is 2.42. The van der Waals surface area contributed by atoms with Gasteiger partial charge in [-0.25, -0.2) is 4.79 Å². The second-order valence-corrected chi connectivity index (χ2v) is 3.87. The predicted molar refractivity (Wildman–Crippen MR) is 57.4 cm³/mol. The number of nitrogens with zero attached hydrogens (tertiary/aromatic N) is 1. The lowest BCUT2D eigenvalue weighted by Crippen LogP contribution is -2.43. The standard InChI is InChI=1S/C12H15NO2/c1-10-7-8-15-12(14)13(10)9-11-5-3-2-4-6-11/h2-6,10H,7-9H2,1H3. The Labute approximate surface area is 89.7 Å². The quantitative estimate of drug-likeness (QED) is 0.742. The van der Waals surface area contributed by atoms with Gasteiger partial charge in [-0.3, -0.25) is 0 Å². The smallest absolute Gasteiger partial charge is 0.410 e. The third-order valence-corrected chi connectivity index (χ3v) is 2.72. The molecule has 0 saturated carbocycles. The minimum atomic E-state index is -0.197. The summed E-state index contributed by atoms with van der Waals surface area (Å²) in [6, 6.07) is 10.3. The molecule has 3 heteroatoms. The Kier molecular flexibility index (Phi) is 2.90. The highest BCUT2D eigenvalue weighted by molar-refractivity contribution is 5.68. The first-order chi connectivity index (χ1) is 7.27. The Morgan fingerprint density at radius 1 is 1.40 bits per heavy atom. The van der Waals surface area contributed by atoms with Gasteiger partial charge < -0.3 is 9.64 Å². The van der Waals surface area contributed by atoms with E-state index in [0.29, 0.717) is 13.2 Å². The van der Waals surface area contributed by atoms with Crippen LogP contribution in [0.1, 0.15) is 18.9 Å². The van der Waals surface area contributed by atoms with Crippen molar-refractivity contribution in [3.05, 3.63) is 35.9 Å². The van der Waals surface area contributed by atoms with E-state index >= 15 is 0 Å². The molecular weight excluding hydrogens is 190 g/mol. The molecule has 80 valence electrons. The molecule has 0 aromatic heterocycles. The SMILES string of the molecule is CC1CCOC(=O)N1Cc1ccccc1. The number of carbonyl (C=O) groups is 1. The highest BCUT2D eigenvalue weighted by Gasteiger charge is 2.25. The largest absolute Gasteiger partial charge is 0.449 e. The van der Waals surface area contributed by atoms with Crippen molar-refractivity contribution in [1.82, 2.24) is 4.90 Å². The van der Waals surface area contributed by atoms with E-state index in [1.807, 2.05) is 30.3 Å². The Bertz CT molecular complexity index is 337. The van der Waals surface area contributed by atoms with Crippen molar-refractivity contribution >= 4 is 6.09 Å². The highest BCUT2D eigenvalue weighted by atomic mass is 16.6. The summed E-state index contributed by atoms with van der Waals surface area (Å²) < 4.78 is 5.02. The first kappa shape index (κ1) is 10.0. The summed E-state index contributed by atoms with van der Waals surface area (Å²) >= 11 is 0. The van der Waals surface area contributed by atoms with E-state index in [0.717, 1.165) is 12.0 Å². The maximum atomic E-state index is 11.5. The molecule has 15 heavy (non-hydrogen) atoms. The number of hydrogen-bond donors (Lipinski definition) is 0. The van der Waals surface area contributed by atoms with Crippen LogP contribution in [-0.4, -0.2) is 23.6 Å². The van der Waals surface area contributed by atoms with Gasteiger partial charge in [-0.05, 0) is 12.5 Å². The van der Waals surface area contributed by atoms with Crippen LogP contribution in [0.3, 0.4) is 0 Å². The van der Waals surface area contributed by atoms with Crippen molar-refractivity contribution in [2.75, 3.05) is 6.61 Å². The molecule has 1 heterocycles. The van der Waals surface area contributed by atoms with Crippen molar-refractivity contribution in [2.24, 2.45) is 0 Å². The lowest BCUT2D eigenvalue weighted by molar-refractivity contribution is 0.0457. The molecule has 1 amide bonds. The molecular formula is C12H15NO2. The lowest BCUT2D eigenvalue weighted by Gasteiger charge is -2.32. The van der Waals surface area contributed by atoms with E-state index in [9.17, 15) is 4.79 Å². The monoisotopic (exact) mass is 205 g/mol.